The molecule has 1 aromatic carbocycles. The summed E-state index contributed by atoms with van der Waals surface area (Å²) < 4.78 is 18.8. The second-order valence-corrected chi connectivity index (χ2v) is 4.21. The first-order valence-corrected chi connectivity index (χ1v) is 6.05. The van der Waals surface area contributed by atoms with E-state index in [1.54, 1.807) is 12.3 Å². The summed E-state index contributed by atoms with van der Waals surface area (Å²) in [6, 6.07) is 10.5. The fraction of sp³-hybridized carbons (Fsp3) is 0.0667. The van der Waals surface area contributed by atoms with E-state index in [1.165, 1.54) is 6.07 Å². The second kappa shape index (κ2) is 5.22. The van der Waals surface area contributed by atoms with Gasteiger partial charge in [0.2, 0.25) is 5.88 Å². The minimum absolute atomic E-state index is 0.173. The van der Waals surface area contributed by atoms with Gasteiger partial charge in [0.25, 0.3) is 0 Å². The van der Waals surface area contributed by atoms with E-state index in [9.17, 15) is 9.50 Å². The summed E-state index contributed by atoms with van der Waals surface area (Å²) in [5.74, 6) is 0.168. The average Bonchev–Trinajstić information content (AvgIpc) is 2.49. The van der Waals surface area contributed by atoms with Crippen molar-refractivity contribution >= 4 is 10.9 Å². The smallest absolute Gasteiger partial charge is 0.225 e. The van der Waals surface area contributed by atoms with Crippen molar-refractivity contribution in [2.24, 2.45) is 0 Å². The molecule has 0 fully saturated rings. The third kappa shape index (κ3) is 2.31. The zero-order valence-electron chi connectivity index (χ0n) is 10.5. The molecule has 0 saturated carbocycles. The van der Waals surface area contributed by atoms with Crippen LogP contribution in [-0.2, 0) is 6.61 Å². The van der Waals surface area contributed by atoms with Gasteiger partial charge in [-0.2, -0.15) is 0 Å². The third-order valence-electron chi connectivity index (χ3n) is 2.86. The number of rotatable bonds is 3. The van der Waals surface area contributed by atoms with Crippen LogP contribution in [0.3, 0.4) is 0 Å². The zero-order valence-corrected chi connectivity index (χ0v) is 10.5. The Kier molecular flexibility index (Phi) is 3.26. The Balaban J connectivity index is 2.05. The topological polar surface area (TPSA) is 55.2 Å². The maximum atomic E-state index is 13.1. The fourth-order valence-electron chi connectivity index (χ4n) is 1.94. The van der Waals surface area contributed by atoms with Crippen LogP contribution in [0.15, 0.2) is 48.8 Å². The first kappa shape index (κ1) is 12.5. The lowest BCUT2D eigenvalue weighted by atomic mass is 10.2. The Morgan fingerprint density at radius 2 is 2.00 bits per heavy atom. The molecule has 3 rings (SSSR count). The van der Waals surface area contributed by atoms with Gasteiger partial charge in [0.15, 0.2) is 5.75 Å². The van der Waals surface area contributed by atoms with Gasteiger partial charge in [0, 0.05) is 17.1 Å². The van der Waals surface area contributed by atoms with Gasteiger partial charge in [0.1, 0.15) is 11.3 Å². The van der Waals surface area contributed by atoms with Gasteiger partial charge in [-0.05, 0) is 18.2 Å². The minimum Gasteiger partial charge on any atom is -0.436 e. The molecule has 0 aliphatic rings. The van der Waals surface area contributed by atoms with Gasteiger partial charge in [-0.15, -0.1) is 0 Å². The SMILES string of the molecule is OCc1cc(F)cnc1Oc1cccc2cccnc12. The highest BCUT2D eigenvalue weighted by Gasteiger charge is 2.10. The van der Waals surface area contributed by atoms with E-state index in [0.717, 1.165) is 11.6 Å². The number of benzene rings is 1. The van der Waals surface area contributed by atoms with E-state index < -0.39 is 5.82 Å². The number of aliphatic hydroxyl groups is 1. The highest BCUT2D eigenvalue weighted by Crippen LogP contribution is 2.29. The number of ether oxygens (including phenoxy) is 1. The van der Waals surface area contributed by atoms with E-state index in [1.807, 2.05) is 24.3 Å². The van der Waals surface area contributed by atoms with E-state index >= 15 is 0 Å². The summed E-state index contributed by atoms with van der Waals surface area (Å²) in [7, 11) is 0. The van der Waals surface area contributed by atoms with E-state index in [-0.39, 0.29) is 18.1 Å². The monoisotopic (exact) mass is 270 g/mol. The highest BCUT2D eigenvalue weighted by molar-refractivity contribution is 5.84. The normalized spacial score (nSPS) is 10.7. The van der Waals surface area contributed by atoms with Crippen LogP contribution in [0.5, 0.6) is 11.6 Å². The van der Waals surface area contributed by atoms with Crippen molar-refractivity contribution in [1.82, 2.24) is 9.97 Å². The predicted molar refractivity (Wildman–Crippen MR) is 71.9 cm³/mol. The van der Waals surface area contributed by atoms with E-state index in [4.69, 9.17) is 4.74 Å². The number of nitrogens with zero attached hydrogens (tertiary/aromatic N) is 2. The molecule has 0 saturated heterocycles. The number of hydrogen-bond acceptors (Lipinski definition) is 4. The Hall–Kier alpha value is -2.53. The molecule has 4 nitrogen and oxygen atoms in total. The molecule has 20 heavy (non-hydrogen) atoms. The molecule has 1 N–H and O–H groups in total. The van der Waals surface area contributed by atoms with Gasteiger partial charge in [-0.25, -0.2) is 9.37 Å². The van der Waals surface area contributed by atoms with Crippen LogP contribution in [0.2, 0.25) is 0 Å². The maximum Gasteiger partial charge on any atom is 0.225 e. The van der Waals surface area contributed by atoms with Crippen LogP contribution >= 0.6 is 0 Å². The number of pyridine rings is 2. The summed E-state index contributed by atoms with van der Waals surface area (Å²) in [6.45, 7) is -0.349. The number of para-hydroxylation sites is 1. The molecule has 2 heterocycles. The second-order valence-electron chi connectivity index (χ2n) is 4.21. The van der Waals surface area contributed by atoms with Crippen molar-refractivity contribution < 1.29 is 14.2 Å². The molecule has 0 bridgehead atoms. The van der Waals surface area contributed by atoms with E-state index in [2.05, 4.69) is 9.97 Å². The lowest BCUT2D eigenvalue weighted by Crippen LogP contribution is -1.97. The molecule has 0 unspecified atom stereocenters. The van der Waals surface area contributed by atoms with Crippen molar-refractivity contribution in [2.75, 3.05) is 0 Å². The van der Waals surface area contributed by atoms with Gasteiger partial charge < -0.3 is 9.84 Å². The molecule has 5 heteroatoms. The Labute approximate surface area is 114 Å². The number of hydrogen-bond donors (Lipinski definition) is 1. The van der Waals surface area contributed by atoms with Crippen LogP contribution in [-0.4, -0.2) is 15.1 Å². The Bertz CT molecular complexity index is 756. The molecule has 3 aromatic rings. The van der Waals surface area contributed by atoms with Crippen molar-refractivity contribution in [3.05, 3.63) is 60.2 Å². The van der Waals surface area contributed by atoms with Crippen molar-refractivity contribution in [3.8, 4) is 11.6 Å². The minimum atomic E-state index is -0.516. The number of aliphatic hydroxyl groups excluding tert-OH is 1. The van der Waals surface area contributed by atoms with Crippen molar-refractivity contribution in [1.29, 1.82) is 0 Å². The largest absolute Gasteiger partial charge is 0.436 e. The first-order valence-electron chi connectivity index (χ1n) is 6.05. The molecule has 100 valence electrons. The van der Waals surface area contributed by atoms with Gasteiger partial charge >= 0.3 is 0 Å². The molecular weight excluding hydrogens is 259 g/mol. The Morgan fingerprint density at radius 1 is 1.15 bits per heavy atom. The molecule has 0 aliphatic carbocycles. The first-order chi connectivity index (χ1) is 9.78. The summed E-state index contributed by atoms with van der Waals surface area (Å²) in [5, 5.41) is 10.2. The van der Waals surface area contributed by atoms with Crippen LogP contribution in [0, 0.1) is 5.82 Å². The lowest BCUT2D eigenvalue weighted by molar-refractivity contribution is 0.274. The summed E-state index contributed by atoms with van der Waals surface area (Å²) in [6.07, 6.45) is 2.72. The van der Waals surface area contributed by atoms with Crippen molar-refractivity contribution in [3.63, 3.8) is 0 Å². The molecule has 0 aliphatic heterocycles. The number of fused-ring (bicyclic) bond motifs is 1. The van der Waals surface area contributed by atoms with Crippen LogP contribution in [0.4, 0.5) is 4.39 Å². The highest BCUT2D eigenvalue weighted by atomic mass is 19.1. The average molecular weight is 270 g/mol. The summed E-state index contributed by atoms with van der Waals surface area (Å²) >= 11 is 0. The molecule has 0 radical (unpaired) electrons. The van der Waals surface area contributed by atoms with Crippen LogP contribution < -0.4 is 4.74 Å². The fourth-order valence-corrected chi connectivity index (χ4v) is 1.94. The Morgan fingerprint density at radius 3 is 2.85 bits per heavy atom. The van der Waals surface area contributed by atoms with Gasteiger partial charge in [0.05, 0.1) is 12.8 Å². The van der Waals surface area contributed by atoms with Gasteiger partial charge in [-0.1, -0.05) is 18.2 Å². The van der Waals surface area contributed by atoms with Crippen molar-refractivity contribution in [2.45, 2.75) is 6.61 Å². The molecule has 0 spiro atoms. The maximum absolute atomic E-state index is 13.1. The molecule has 0 atom stereocenters. The zero-order chi connectivity index (χ0) is 13.9. The number of halogens is 1. The quantitative estimate of drug-likeness (QED) is 0.794. The lowest BCUT2D eigenvalue weighted by Gasteiger charge is -2.10. The van der Waals surface area contributed by atoms with E-state index in [0.29, 0.717) is 11.3 Å². The molecular formula is C15H11FN2O2. The summed E-state index contributed by atoms with van der Waals surface area (Å²) in [5.41, 5.74) is 0.975. The standard InChI is InChI=1S/C15H11FN2O2/c16-12-7-11(9-19)15(18-8-12)20-13-5-1-3-10-4-2-6-17-14(10)13/h1-8,19H,9H2. The van der Waals surface area contributed by atoms with Crippen LogP contribution in [0.25, 0.3) is 10.9 Å². The van der Waals surface area contributed by atoms with Crippen LogP contribution in [0.1, 0.15) is 5.56 Å². The predicted octanol–water partition coefficient (Wildman–Crippen LogP) is 3.05. The summed E-state index contributed by atoms with van der Waals surface area (Å²) in [4.78, 5) is 8.13. The van der Waals surface area contributed by atoms with Gasteiger partial charge in [-0.3, -0.25) is 4.98 Å². The number of aromatic nitrogens is 2. The third-order valence-corrected chi connectivity index (χ3v) is 2.86. The molecule has 2 aromatic heterocycles. The molecule has 0 amide bonds.